The van der Waals surface area contributed by atoms with Gasteiger partial charge in [-0.1, -0.05) is 93.2 Å². The molecule has 0 amide bonds. The first-order valence-corrected chi connectivity index (χ1v) is 20.9. The molecule has 0 aliphatic heterocycles. The Balaban J connectivity index is 4.28. The molecule has 0 bridgehead atoms. The second-order valence-corrected chi connectivity index (χ2v) is 16.6. The van der Waals surface area contributed by atoms with E-state index >= 15 is 0 Å². The maximum absolute atomic E-state index is 11.5. The molecule has 0 aromatic carbocycles. The first kappa shape index (κ1) is 47.2. The highest BCUT2D eigenvalue weighted by molar-refractivity contribution is 7.60. The van der Waals surface area contributed by atoms with E-state index in [1.807, 2.05) is 6.92 Å². The molecule has 3 N–H and O–H groups in total. The third-order valence-electron chi connectivity index (χ3n) is 8.16. The highest BCUT2D eigenvalue weighted by Crippen LogP contribution is 2.57. The summed E-state index contributed by atoms with van der Waals surface area (Å²) in [7, 11) is -9.90. The lowest BCUT2D eigenvalue weighted by Gasteiger charge is -2.11. The molecule has 0 saturated heterocycles. The van der Waals surface area contributed by atoms with E-state index in [0.29, 0.717) is 0 Å². The molecule has 0 aromatic heterocycles. The number of phosphoric ester groups is 1. The van der Waals surface area contributed by atoms with E-state index in [9.17, 15) is 14.0 Å². The van der Waals surface area contributed by atoms with Crippen LogP contribution in [0.25, 0.3) is 0 Å². The molecular formula is C40H68O7P2. The zero-order valence-electron chi connectivity index (χ0n) is 32.1. The number of allylic oxidation sites excluding steroid dienone is 15. The Bertz CT molecular complexity index is 1320. The van der Waals surface area contributed by atoms with E-state index in [1.54, 1.807) is 6.08 Å². The molecule has 0 radical (unpaired) electrons. The van der Waals surface area contributed by atoms with E-state index < -0.39 is 15.6 Å². The molecule has 0 aromatic rings. The summed E-state index contributed by atoms with van der Waals surface area (Å²) >= 11 is 0. The Morgan fingerprint density at radius 2 is 0.673 bits per heavy atom. The van der Waals surface area contributed by atoms with Gasteiger partial charge in [0.05, 0.1) is 6.61 Å². The van der Waals surface area contributed by atoms with Crippen molar-refractivity contribution >= 4 is 15.6 Å². The summed E-state index contributed by atoms with van der Waals surface area (Å²) in [5.41, 5.74) is 11.0. The first-order valence-electron chi connectivity index (χ1n) is 17.9. The molecule has 1 unspecified atom stereocenters. The Labute approximate surface area is 299 Å². The Kier molecular flexibility index (Phi) is 25.9. The molecule has 1 atom stereocenters. The van der Waals surface area contributed by atoms with Crippen LogP contribution in [-0.4, -0.2) is 21.3 Å². The zero-order chi connectivity index (χ0) is 37.3. The monoisotopic (exact) mass is 722 g/mol. The normalized spacial score (nSPS) is 15.9. The molecule has 280 valence electrons. The van der Waals surface area contributed by atoms with Gasteiger partial charge in [-0.25, -0.2) is 9.13 Å². The third-order valence-corrected chi connectivity index (χ3v) is 10.3. The minimum Gasteiger partial charge on any atom is -0.302 e. The molecule has 49 heavy (non-hydrogen) atoms. The van der Waals surface area contributed by atoms with Crippen molar-refractivity contribution in [3.8, 4) is 0 Å². The summed E-state index contributed by atoms with van der Waals surface area (Å²) in [4.78, 5) is 26.6. The van der Waals surface area contributed by atoms with Gasteiger partial charge in [-0.3, -0.25) is 4.52 Å². The summed E-state index contributed by atoms with van der Waals surface area (Å²) in [5.74, 6) is 0. The molecule has 7 nitrogen and oxygen atoms in total. The van der Waals surface area contributed by atoms with E-state index in [2.05, 4.69) is 107 Å². The number of hydrogen-bond acceptors (Lipinski definition) is 4. The van der Waals surface area contributed by atoms with Crippen LogP contribution in [0.4, 0.5) is 0 Å². The van der Waals surface area contributed by atoms with Crippen LogP contribution in [-0.2, 0) is 18.0 Å². The lowest BCUT2D eigenvalue weighted by molar-refractivity contribution is 0.191. The van der Waals surface area contributed by atoms with Crippen molar-refractivity contribution < 1.29 is 32.6 Å². The SMILES string of the molecule is CC(C)=CCC/C(C)=C/CC/C(C)=C/CC/C(C)=C/CC/C(C)=C/CC/C(C)=C/CC/C(C)=C/CC/C(C)=C\COP(=O)(O)OP(=O)(O)O. The van der Waals surface area contributed by atoms with Gasteiger partial charge in [0.1, 0.15) is 0 Å². The van der Waals surface area contributed by atoms with Crippen LogP contribution in [0.5, 0.6) is 0 Å². The van der Waals surface area contributed by atoms with Gasteiger partial charge in [-0.15, -0.1) is 0 Å². The number of phosphoric acid groups is 2. The van der Waals surface area contributed by atoms with Crippen molar-refractivity contribution in [1.29, 1.82) is 0 Å². The molecule has 0 fully saturated rings. The van der Waals surface area contributed by atoms with E-state index in [0.717, 1.165) is 89.0 Å². The predicted octanol–water partition coefficient (Wildman–Crippen LogP) is 13.3. The van der Waals surface area contributed by atoms with Gasteiger partial charge in [-0.2, -0.15) is 4.31 Å². The van der Waals surface area contributed by atoms with Crippen molar-refractivity contribution in [2.24, 2.45) is 0 Å². The fourth-order valence-corrected chi connectivity index (χ4v) is 6.54. The Hall–Kier alpha value is -1.82. The highest BCUT2D eigenvalue weighted by Gasteiger charge is 2.31. The topological polar surface area (TPSA) is 113 Å². The summed E-state index contributed by atoms with van der Waals surface area (Å²) in [6.07, 6.45) is 32.9. The summed E-state index contributed by atoms with van der Waals surface area (Å²) in [6, 6.07) is 0. The molecule has 0 aliphatic carbocycles. The summed E-state index contributed by atoms with van der Waals surface area (Å²) in [6.45, 7) is 19.3. The second kappa shape index (κ2) is 26.9. The fourth-order valence-electron chi connectivity index (χ4n) is 5.01. The fraction of sp³-hybridized carbons (Fsp3) is 0.600. The first-order chi connectivity index (χ1) is 22.9. The van der Waals surface area contributed by atoms with Crippen LogP contribution in [0.2, 0.25) is 0 Å². The van der Waals surface area contributed by atoms with Gasteiger partial charge in [0.15, 0.2) is 0 Å². The molecule has 0 rings (SSSR count). The smallest absolute Gasteiger partial charge is 0.302 e. The van der Waals surface area contributed by atoms with Crippen molar-refractivity contribution in [2.75, 3.05) is 6.61 Å². The predicted molar refractivity (Wildman–Crippen MR) is 209 cm³/mol. The van der Waals surface area contributed by atoms with Gasteiger partial charge in [-0.05, 0) is 152 Å². The summed E-state index contributed by atoms with van der Waals surface area (Å²) < 4.78 is 30.5. The maximum Gasteiger partial charge on any atom is 0.481 e. The van der Waals surface area contributed by atoms with Crippen LogP contribution in [0.1, 0.15) is 152 Å². The number of hydrogen-bond donors (Lipinski definition) is 3. The van der Waals surface area contributed by atoms with Crippen molar-refractivity contribution in [2.45, 2.75) is 152 Å². The molecule has 0 heterocycles. The van der Waals surface area contributed by atoms with Crippen LogP contribution in [0.3, 0.4) is 0 Å². The van der Waals surface area contributed by atoms with Crippen LogP contribution in [0, 0.1) is 0 Å². The zero-order valence-corrected chi connectivity index (χ0v) is 33.9. The van der Waals surface area contributed by atoms with Crippen LogP contribution >= 0.6 is 15.6 Å². The number of rotatable bonds is 26. The molecule has 9 heteroatoms. The Morgan fingerprint density at radius 3 is 0.918 bits per heavy atom. The van der Waals surface area contributed by atoms with E-state index in [-0.39, 0.29) is 6.61 Å². The highest BCUT2D eigenvalue weighted by atomic mass is 31.3. The van der Waals surface area contributed by atoms with Gasteiger partial charge in [0.25, 0.3) is 0 Å². The van der Waals surface area contributed by atoms with Crippen molar-refractivity contribution in [1.82, 2.24) is 0 Å². The van der Waals surface area contributed by atoms with Crippen LogP contribution in [0.15, 0.2) is 93.2 Å². The van der Waals surface area contributed by atoms with E-state index in [4.69, 9.17) is 9.79 Å². The molecular weight excluding hydrogens is 654 g/mol. The van der Waals surface area contributed by atoms with Gasteiger partial charge in [0.2, 0.25) is 0 Å². The molecule has 0 saturated carbocycles. The standard InChI is InChI=1S/C40H68O7P2/c1-33(2)17-10-18-34(3)19-11-20-35(4)21-12-22-36(5)23-13-24-37(6)25-14-26-38(7)27-15-28-39(8)29-16-30-40(9)31-32-46-49(44,45)47-48(41,42)43/h17,19,21,23,25,27,29,31H,10-16,18,20,22,24,26,28,30,32H2,1-9H3,(H,44,45)(H2,41,42,43)/b34-19+,35-21+,36-23+,37-25+,38-27+,39-29+,40-31-. The minimum absolute atomic E-state index is 0.272. The molecule has 0 spiro atoms. The lowest BCUT2D eigenvalue weighted by atomic mass is 10.0. The summed E-state index contributed by atoms with van der Waals surface area (Å²) in [5, 5.41) is 0. The second-order valence-electron chi connectivity index (χ2n) is 13.7. The average molecular weight is 723 g/mol. The van der Waals surface area contributed by atoms with Gasteiger partial charge >= 0.3 is 15.6 Å². The van der Waals surface area contributed by atoms with Gasteiger partial charge < -0.3 is 14.7 Å². The minimum atomic E-state index is -5.10. The van der Waals surface area contributed by atoms with E-state index in [1.165, 1.54) is 45.4 Å². The van der Waals surface area contributed by atoms with Gasteiger partial charge in [0, 0.05) is 0 Å². The van der Waals surface area contributed by atoms with Crippen LogP contribution < -0.4 is 0 Å². The largest absolute Gasteiger partial charge is 0.481 e. The lowest BCUT2D eigenvalue weighted by Crippen LogP contribution is -1.94. The quantitative estimate of drug-likeness (QED) is 0.0601. The van der Waals surface area contributed by atoms with Crippen molar-refractivity contribution in [3.63, 3.8) is 0 Å². The molecule has 0 aliphatic rings. The third kappa shape index (κ3) is 31.9. The Morgan fingerprint density at radius 1 is 0.429 bits per heavy atom. The average Bonchev–Trinajstić information content (AvgIpc) is 2.95. The van der Waals surface area contributed by atoms with Crippen molar-refractivity contribution in [3.05, 3.63) is 93.2 Å². The maximum atomic E-state index is 11.5.